The molecule has 0 aliphatic heterocycles. The molecule has 0 spiro atoms. The van der Waals surface area contributed by atoms with Gasteiger partial charge in [0.05, 0.1) is 4.47 Å². The van der Waals surface area contributed by atoms with E-state index in [-0.39, 0.29) is 11.5 Å². The number of benzene rings is 2. The van der Waals surface area contributed by atoms with E-state index >= 15 is 0 Å². The molecule has 23 heavy (non-hydrogen) atoms. The number of aromatic hydroxyl groups is 1. The van der Waals surface area contributed by atoms with Crippen LogP contribution < -0.4 is 4.74 Å². The van der Waals surface area contributed by atoms with Gasteiger partial charge in [-0.1, -0.05) is 24.3 Å². The zero-order chi connectivity index (χ0) is 17.0. The molecule has 0 fully saturated rings. The van der Waals surface area contributed by atoms with E-state index in [4.69, 9.17) is 0 Å². The quantitative estimate of drug-likeness (QED) is 0.805. The lowest BCUT2D eigenvalue weighted by molar-refractivity contribution is -0.274. The topological polar surface area (TPSA) is 32.7 Å². The van der Waals surface area contributed by atoms with Crippen LogP contribution in [0.4, 0.5) is 13.2 Å². The third-order valence-corrected chi connectivity index (χ3v) is 4.00. The Hall–Kier alpha value is -1.73. The summed E-state index contributed by atoms with van der Waals surface area (Å²) in [4.78, 5) is 1.92. The largest absolute Gasteiger partial charge is 0.573 e. The third-order valence-electron chi connectivity index (χ3n) is 3.08. The maximum absolute atomic E-state index is 12.2. The summed E-state index contributed by atoms with van der Waals surface area (Å²) in [5, 5.41) is 9.66. The molecule has 7 heteroatoms. The smallest absolute Gasteiger partial charge is 0.507 e. The Morgan fingerprint density at radius 3 is 2.52 bits per heavy atom. The number of hydrogen-bond acceptors (Lipinski definition) is 3. The molecule has 0 unspecified atom stereocenters. The highest BCUT2D eigenvalue weighted by molar-refractivity contribution is 9.10. The molecule has 0 atom stereocenters. The number of phenolic OH excluding ortho intramolecular Hbond substituents is 1. The summed E-state index contributed by atoms with van der Waals surface area (Å²) in [5.41, 5.74) is 1.58. The Labute approximate surface area is 140 Å². The first kappa shape index (κ1) is 17.6. The Morgan fingerprint density at radius 2 is 1.83 bits per heavy atom. The van der Waals surface area contributed by atoms with Crippen molar-refractivity contribution in [2.24, 2.45) is 0 Å². The highest BCUT2D eigenvalue weighted by atomic mass is 79.9. The van der Waals surface area contributed by atoms with E-state index < -0.39 is 6.36 Å². The van der Waals surface area contributed by atoms with Crippen molar-refractivity contribution >= 4 is 15.9 Å². The maximum Gasteiger partial charge on any atom is 0.573 e. The van der Waals surface area contributed by atoms with Gasteiger partial charge in [-0.25, -0.2) is 0 Å². The Morgan fingerprint density at radius 1 is 1.13 bits per heavy atom. The average molecular weight is 390 g/mol. The zero-order valence-electron chi connectivity index (χ0n) is 12.3. The second-order valence-electron chi connectivity index (χ2n) is 5.12. The lowest BCUT2D eigenvalue weighted by atomic mass is 10.1. The van der Waals surface area contributed by atoms with Crippen molar-refractivity contribution in [2.45, 2.75) is 19.5 Å². The molecule has 0 aromatic heterocycles. The SMILES string of the molecule is CN(Cc1cccc(OC(F)(F)F)c1)Cc1cccc(O)c1Br. The molecule has 2 rings (SSSR count). The van der Waals surface area contributed by atoms with E-state index in [0.717, 1.165) is 5.56 Å². The maximum atomic E-state index is 12.2. The van der Waals surface area contributed by atoms with Crippen molar-refractivity contribution in [2.75, 3.05) is 7.05 Å². The molecule has 0 heterocycles. The van der Waals surface area contributed by atoms with Crippen LogP contribution in [0.5, 0.6) is 11.5 Å². The van der Waals surface area contributed by atoms with Crippen molar-refractivity contribution in [1.82, 2.24) is 4.90 Å². The van der Waals surface area contributed by atoms with Gasteiger partial charge in [0.25, 0.3) is 0 Å². The Bertz CT molecular complexity index is 677. The number of alkyl halides is 3. The van der Waals surface area contributed by atoms with Crippen molar-refractivity contribution < 1.29 is 23.0 Å². The van der Waals surface area contributed by atoms with Crippen molar-refractivity contribution in [3.8, 4) is 11.5 Å². The summed E-state index contributed by atoms with van der Waals surface area (Å²) in [6, 6.07) is 11.1. The lowest BCUT2D eigenvalue weighted by Crippen LogP contribution is -2.19. The summed E-state index contributed by atoms with van der Waals surface area (Å²) in [6.45, 7) is 0.969. The van der Waals surface area contributed by atoms with Crippen molar-refractivity contribution in [3.05, 3.63) is 58.1 Å². The molecular weight excluding hydrogens is 375 g/mol. The molecule has 124 valence electrons. The summed E-state index contributed by atoms with van der Waals surface area (Å²) in [7, 11) is 1.84. The standard InChI is InChI=1S/C16H15BrF3NO2/c1-21(10-12-5-3-7-14(22)15(12)17)9-11-4-2-6-13(8-11)23-16(18,19)20/h2-8,22H,9-10H2,1H3. The zero-order valence-corrected chi connectivity index (χ0v) is 13.9. The molecule has 0 saturated heterocycles. The average Bonchev–Trinajstić information content (AvgIpc) is 2.42. The van der Waals surface area contributed by atoms with E-state index in [0.29, 0.717) is 23.1 Å². The molecule has 0 amide bonds. The molecule has 3 nitrogen and oxygen atoms in total. The molecular formula is C16H15BrF3NO2. The summed E-state index contributed by atoms with van der Waals surface area (Å²) < 4.78 is 41.3. The van der Waals surface area contributed by atoms with Gasteiger partial charge >= 0.3 is 6.36 Å². The Balaban J connectivity index is 2.04. The fourth-order valence-electron chi connectivity index (χ4n) is 2.19. The summed E-state index contributed by atoms with van der Waals surface area (Å²) >= 11 is 3.32. The molecule has 0 radical (unpaired) electrons. The number of ether oxygens (including phenoxy) is 1. The number of rotatable bonds is 5. The minimum Gasteiger partial charge on any atom is -0.507 e. The monoisotopic (exact) mass is 389 g/mol. The highest BCUT2D eigenvalue weighted by Gasteiger charge is 2.31. The number of halogens is 4. The van der Waals surface area contributed by atoms with Crippen LogP contribution in [-0.4, -0.2) is 23.4 Å². The first-order valence-corrected chi connectivity index (χ1v) is 7.53. The Kier molecular flexibility index (Phi) is 5.54. The van der Waals surface area contributed by atoms with E-state index in [2.05, 4.69) is 20.7 Å². The van der Waals surface area contributed by atoms with Gasteiger partial charge in [0, 0.05) is 13.1 Å². The van der Waals surface area contributed by atoms with E-state index in [1.54, 1.807) is 18.2 Å². The van der Waals surface area contributed by atoms with E-state index in [1.165, 1.54) is 18.2 Å². The molecule has 2 aromatic rings. The summed E-state index contributed by atoms with van der Waals surface area (Å²) in [5.74, 6) is -0.0848. The van der Waals surface area contributed by atoms with Gasteiger partial charge in [0.2, 0.25) is 0 Å². The highest BCUT2D eigenvalue weighted by Crippen LogP contribution is 2.28. The van der Waals surface area contributed by atoms with Gasteiger partial charge in [-0.3, -0.25) is 4.90 Å². The summed E-state index contributed by atoms with van der Waals surface area (Å²) in [6.07, 6.45) is -4.70. The van der Waals surface area contributed by atoms with Crippen LogP contribution in [0.3, 0.4) is 0 Å². The van der Waals surface area contributed by atoms with Gasteiger partial charge in [-0.05, 0) is 52.3 Å². The van der Waals surface area contributed by atoms with Crippen LogP contribution in [0.25, 0.3) is 0 Å². The molecule has 0 bridgehead atoms. The molecule has 1 N–H and O–H groups in total. The van der Waals surface area contributed by atoms with Gasteiger partial charge in [0.1, 0.15) is 11.5 Å². The fourth-order valence-corrected chi connectivity index (χ4v) is 2.58. The van der Waals surface area contributed by atoms with E-state index in [9.17, 15) is 18.3 Å². The first-order chi connectivity index (χ1) is 10.7. The second-order valence-corrected chi connectivity index (χ2v) is 5.91. The van der Waals surface area contributed by atoms with Crippen molar-refractivity contribution in [1.29, 1.82) is 0 Å². The van der Waals surface area contributed by atoms with Crippen LogP contribution >= 0.6 is 15.9 Å². The van der Waals surface area contributed by atoms with Crippen LogP contribution in [0, 0.1) is 0 Å². The molecule has 0 saturated carbocycles. The number of nitrogens with zero attached hydrogens (tertiary/aromatic N) is 1. The van der Waals surface area contributed by atoms with Crippen LogP contribution in [-0.2, 0) is 13.1 Å². The van der Waals surface area contributed by atoms with Crippen molar-refractivity contribution in [3.63, 3.8) is 0 Å². The van der Waals surface area contributed by atoms with Crippen LogP contribution in [0.1, 0.15) is 11.1 Å². The first-order valence-electron chi connectivity index (χ1n) is 6.74. The molecule has 2 aromatic carbocycles. The lowest BCUT2D eigenvalue weighted by Gasteiger charge is -2.18. The van der Waals surface area contributed by atoms with Gasteiger partial charge in [0.15, 0.2) is 0 Å². The fraction of sp³-hybridized carbons (Fsp3) is 0.250. The second kappa shape index (κ2) is 7.23. The number of hydrogen-bond donors (Lipinski definition) is 1. The van der Waals surface area contributed by atoms with Crippen LogP contribution in [0.2, 0.25) is 0 Å². The van der Waals surface area contributed by atoms with Gasteiger partial charge < -0.3 is 9.84 Å². The van der Waals surface area contributed by atoms with E-state index in [1.807, 2.05) is 18.0 Å². The molecule has 0 aliphatic carbocycles. The number of phenols is 1. The van der Waals surface area contributed by atoms with Gasteiger partial charge in [-0.15, -0.1) is 13.2 Å². The van der Waals surface area contributed by atoms with Crippen LogP contribution in [0.15, 0.2) is 46.9 Å². The molecule has 0 aliphatic rings. The van der Waals surface area contributed by atoms with Gasteiger partial charge in [-0.2, -0.15) is 0 Å². The predicted molar refractivity (Wildman–Crippen MR) is 84.1 cm³/mol. The normalized spacial score (nSPS) is 11.7. The minimum atomic E-state index is -4.70. The predicted octanol–water partition coefficient (Wildman–Crippen LogP) is 4.69. The minimum absolute atomic E-state index is 0.150. The third kappa shape index (κ3) is 5.44.